The van der Waals surface area contributed by atoms with Crippen molar-refractivity contribution in [3.05, 3.63) is 22.2 Å². The van der Waals surface area contributed by atoms with E-state index in [4.69, 9.17) is 33.7 Å². The topological polar surface area (TPSA) is 35.2 Å². The second-order valence-electron chi connectivity index (χ2n) is 1.99. The Morgan fingerprint density at radius 1 is 1.27 bits per heavy atom. The molecule has 0 aliphatic heterocycles. The average molecular weight is 192 g/mol. The molecule has 2 N–H and O–H groups in total. The fourth-order valence-corrected chi connectivity index (χ4v) is 1.11. The number of anilines is 1. The van der Waals surface area contributed by atoms with Crippen LogP contribution in [0.5, 0.6) is 5.75 Å². The second-order valence-corrected chi connectivity index (χ2v) is 2.74. The Bertz CT molecular complexity index is 275. The summed E-state index contributed by atoms with van der Waals surface area (Å²) in [4.78, 5) is 0. The van der Waals surface area contributed by atoms with E-state index >= 15 is 0 Å². The minimum absolute atomic E-state index is 0.339. The Labute approximate surface area is 74.9 Å². The molecule has 1 rings (SSSR count). The van der Waals surface area contributed by atoms with Crippen LogP contribution in [0.1, 0.15) is 0 Å². The highest BCUT2D eigenvalue weighted by Crippen LogP contribution is 2.35. The van der Waals surface area contributed by atoms with Crippen molar-refractivity contribution in [1.82, 2.24) is 0 Å². The summed E-state index contributed by atoms with van der Waals surface area (Å²) < 4.78 is 4.91. The molecule has 0 amide bonds. The molecule has 1 aromatic rings. The maximum Gasteiger partial charge on any atom is 0.139 e. The van der Waals surface area contributed by atoms with Crippen molar-refractivity contribution in [2.75, 3.05) is 12.8 Å². The van der Waals surface area contributed by atoms with Crippen LogP contribution < -0.4 is 10.5 Å². The first-order valence-corrected chi connectivity index (χ1v) is 3.70. The fraction of sp³-hybridized carbons (Fsp3) is 0.143. The number of hydrogen-bond acceptors (Lipinski definition) is 2. The Morgan fingerprint density at radius 2 is 1.91 bits per heavy atom. The first-order valence-electron chi connectivity index (χ1n) is 2.94. The standard InChI is InChI=1S/C7H7Cl2NO/c1-11-5-3-2-4(10)6(8)7(5)9/h2-3H,10H2,1H3. The zero-order valence-corrected chi connectivity index (χ0v) is 7.41. The van der Waals surface area contributed by atoms with Gasteiger partial charge in [0.25, 0.3) is 0 Å². The van der Waals surface area contributed by atoms with Gasteiger partial charge >= 0.3 is 0 Å². The number of nitrogens with two attached hydrogens (primary N) is 1. The lowest BCUT2D eigenvalue weighted by atomic mass is 10.3. The summed E-state index contributed by atoms with van der Waals surface area (Å²) in [7, 11) is 1.52. The summed E-state index contributed by atoms with van der Waals surface area (Å²) >= 11 is 11.5. The fourth-order valence-electron chi connectivity index (χ4n) is 0.704. The largest absolute Gasteiger partial charge is 0.495 e. The molecule has 1 aromatic carbocycles. The molecule has 0 saturated heterocycles. The van der Waals surface area contributed by atoms with Crippen LogP contribution in [0.2, 0.25) is 10.0 Å². The molecule has 0 saturated carbocycles. The van der Waals surface area contributed by atoms with Gasteiger partial charge in [0.1, 0.15) is 10.8 Å². The van der Waals surface area contributed by atoms with Crippen LogP contribution in [0.4, 0.5) is 5.69 Å². The van der Waals surface area contributed by atoms with Crippen molar-refractivity contribution in [2.24, 2.45) is 0 Å². The maximum absolute atomic E-state index is 5.76. The van der Waals surface area contributed by atoms with Gasteiger partial charge in [-0.3, -0.25) is 0 Å². The lowest BCUT2D eigenvalue weighted by Gasteiger charge is -2.05. The molecule has 0 bridgehead atoms. The van der Waals surface area contributed by atoms with Gasteiger partial charge in [0, 0.05) is 0 Å². The van der Waals surface area contributed by atoms with Crippen molar-refractivity contribution in [3.63, 3.8) is 0 Å². The van der Waals surface area contributed by atoms with Crippen LogP contribution in [0.3, 0.4) is 0 Å². The van der Waals surface area contributed by atoms with Gasteiger partial charge in [0.15, 0.2) is 0 Å². The van der Waals surface area contributed by atoms with Gasteiger partial charge < -0.3 is 10.5 Å². The van der Waals surface area contributed by atoms with Gasteiger partial charge in [-0.2, -0.15) is 0 Å². The minimum atomic E-state index is 0.339. The van der Waals surface area contributed by atoms with E-state index in [0.717, 1.165) is 0 Å². The molecule has 2 nitrogen and oxygen atoms in total. The van der Waals surface area contributed by atoms with Crippen LogP contribution >= 0.6 is 23.2 Å². The molecule has 0 fully saturated rings. The predicted octanol–water partition coefficient (Wildman–Crippen LogP) is 2.58. The Balaban J connectivity index is 3.25. The monoisotopic (exact) mass is 191 g/mol. The zero-order chi connectivity index (χ0) is 8.43. The summed E-state index contributed by atoms with van der Waals surface area (Å²) in [6, 6.07) is 3.32. The van der Waals surface area contributed by atoms with Gasteiger partial charge in [0.2, 0.25) is 0 Å². The molecule has 60 valence electrons. The Hall–Kier alpha value is -0.600. The Kier molecular flexibility index (Phi) is 2.47. The average Bonchev–Trinajstić information content (AvgIpc) is 2.01. The number of nitrogen functional groups attached to an aromatic ring is 1. The van der Waals surface area contributed by atoms with Crippen molar-refractivity contribution >= 4 is 28.9 Å². The van der Waals surface area contributed by atoms with E-state index in [1.165, 1.54) is 7.11 Å². The number of methoxy groups -OCH3 is 1. The lowest BCUT2D eigenvalue weighted by Crippen LogP contribution is -1.89. The first-order chi connectivity index (χ1) is 5.16. The van der Waals surface area contributed by atoms with E-state index in [-0.39, 0.29) is 0 Å². The molecular weight excluding hydrogens is 185 g/mol. The molecule has 0 atom stereocenters. The Morgan fingerprint density at radius 3 is 2.45 bits per heavy atom. The molecule has 0 heterocycles. The van der Waals surface area contributed by atoms with E-state index < -0.39 is 0 Å². The summed E-state index contributed by atoms with van der Waals surface area (Å²) in [5, 5.41) is 0.695. The molecule has 0 unspecified atom stereocenters. The number of ether oxygens (including phenoxy) is 1. The van der Waals surface area contributed by atoms with E-state index in [2.05, 4.69) is 0 Å². The minimum Gasteiger partial charge on any atom is -0.495 e. The van der Waals surface area contributed by atoms with Gasteiger partial charge in [-0.1, -0.05) is 23.2 Å². The van der Waals surface area contributed by atoms with Gasteiger partial charge in [-0.25, -0.2) is 0 Å². The maximum atomic E-state index is 5.76. The third-order valence-electron chi connectivity index (χ3n) is 1.30. The highest BCUT2D eigenvalue weighted by Gasteiger charge is 2.06. The summed E-state index contributed by atoms with van der Waals surface area (Å²) in [6.07, 6.45) is 0. The molecule has 0 aliphatic rings. The van der Waals surface area contributed by atoms with Crippen molar-refractivity contribution in [1.29, 1.82) is 0 Å². The van der Waals surface area contributed by atoms with Crippen LogP contribution in [-0.2, 0) is 0 Å². The first kappa shape index (κ1) is 8.50. The normalized spacial score (nSPS) is 9.73. The third-order valence-corrected chi connectivity index (χ3v) is 2.18. The highest BCUT2D eigenvalue weighted by atomic mass is 35.5. The summed E-state index contributed by atoms with van der Waals surface area (Å²) in [5.41, 5.74) is 5.93. The smallest absolute Gasteiger partial charge is 0.139 e. The van der Waals surface area contributed by atoms with Crippen LogP contribution in [0.15, 0.2) is 12.1 Å². The highest BCUT2D eigenvalue weighted by molar-refractivity contribution is 6.44. The van der Waals surface area contributed by atoms with Gasteiger partial charge in [-0.15, -0.1) is 0 Å². The summed E-state index contributed by atoms with van der Waals surface area (Å²) in [6.45, 7) is 0. The van der Waals surface area contributed by atoms with Gasteiger partial charge in [-0.05, 0) is 12.1 Å². The number of halogens is 2. The van der Waals surface area contributed by atoms with E-state index in [9.17, 15) is 0 Å². The molecule has 0 spiro atoms. The zero-order valence-electron chi connectivity index (χ0n) is 5.90. The van der Waals surface area contributed by atoms with E-state index in [0.29, 0.717) is 21.5 Å². The predicted molar refractivity (Wildman–Crippen MR) is 47.4 cm³/mol. The van der Waals surface area contributed by atoms with E-state index in [1.54, 1.807) is 12.1 Å². The number of benzene rings is 1. The van der Waals surface area contributed by atoms with Crippen LogP contribution in [-0.4, -0.2) is 7.11 Å². The SMILES string of the molecule is COc1ccc(N)c(Cl)c1Cl. The molecule has 0 aliphatic carbocycles. The van der Waals surface area contributed by atoms with E-state index in [1.807, 2.05) is 0 Å². The third kappa shape index (κ3) is 1.52. The van der Waals surface area contributed by atoms with Crippen molar-refractivity contribution in [2.45, 2.75) is 0 Å². The quantitative estimate of drug-likeness (QED) is 0.694. The van der Waals surface area contributed by atoms with Crippen LogP contribution in [0.25, 0.3) is 0 Å². The molecule has 0 aromatic heterocycles. The van der Waals surface area contributed by atoms with Crippen molar-refractivity contribution in [3.8, 4) is 5.75 Å². The van der Waals surface area contributed by atoms with Crippen LogP contribution in [0, 0.1) is 0 Å². The molecule has 4 heteroatoms. The molecule has 0 radical (unpaired) electrons. The van der Waals surface area contributed by atoms with Gasteiger partial charge in [0.05, 0.1) is 17.8 Å². The number of rotatable bonds is 1. The molecular formula is C7H7Cl2NO. The van der Waals surface area contributed by atoms with Crippen molar-refractivity contribution < 1.29 is 4.74 Å². The number of hydrogen-bond donors (Lipinski definition) is 1. The summed E-state index contributed by atoms with van der Waals surface area (Å²) in [5.74, 6) is 0.533. The lowest BCUT2D eigenvalue weighted by molar-refractivity contribution is 0.415. The second kappa shape index (κ2) is 3.20. The molecule has 11 heavy (non-hydrogen) atoms.